The van der Waals surface area contributed by atoms with Gasteiger partial charge in [-0.15, -0.1) is 0 Å². The predicted molar refractivity (Wildman–Crippen MR) is 150 cm³/mol. The van der Waals surface area contributed by atoms with Crippen molar-refractivity contribution >= 4 is 34.2 Å². The summed E-state index contributed by atoms with van der Waals surface area (Å²) in [7, 11) is 0. The zero-order valence-corrected chi connectivity index (χ0v) is 23.3. The monoisotopic (exact) mass is 545 g/mol. The molecule has 0 radical (unpaired) electrons. The molecule has 2 aliphatic rings. The standard InChI is InChI=1S/C29H35N7O4/c1-28(2,3)23(33-18-11-8-12-31-25(18)38)27(40)36-14-17-19(29(17,4)5)22(36)26(39)34-21(24(30)37)20-16-10-7-6-9-15(16)13-32-35-20/h6-13,17,19,21-23,33H,14H2,1-5H3,(H2,30,37)(H,31,38)(H,34,39)/t17-,19-,21?,22-,23+/m0/s1. The Labute approximate surface area is 231 Å². The number of rotatable bonds is 7. The number of amides is 3. The van der Waals surface area contributed by atoms with Crippen molar-refractivity contribution in [3.8, 4) is 0 Å². The third-order valence-corrected chi connectivity index (χ3v) is 8.43. The van der Waals surface area contributed by atoms with Gasteiger partial charge in [-0.05, 0) is 34.8 Å². The highest BCUT2D eigenvalue weighted by Gasteiger charge is 2.69. The Balaban J connectivity index is 1.46. The molecule has 0 spiro atoms. The summed E-state index contributed by atoms with van der Waals surface area (Å²) in [4.78, 5) is 57.3. The quantitative estimate of drug-likeness (QED) is 0.353. The Hall–Kier alpha value is -4.28. The summed E-state index contributed by atoms with van der Waals surface area (Å²) in [6, 6.07) is 7.72. The molecule has 2 fully saturated rings. The van der Waals surface area contributed by atoms with E-state index in [9.17, 15) is 19.2 Å². The van der Waals surface area contributed by atoms with Gasteiger partial charge in [0.1, 0.15) is 23.5 Å². The minimum atomic E-state index is -1.23. The number of primary amides is 1. The molecule has 0 bridgehead atoms. The van der Waals surface area contributed by atoms with Gasteiger partial charge >= 0.3 is 0 Å². The number of anilines is 1. The molecular weight excluding hydrogens is 510 g/mol. The fourth-order valence-electron chi connectivity index (χ4n) is 6.08. The van der Waals surface area contributed by atoms with E-state index in [-0.39, 0.29) is 40.1 Å². The second-order valence-corrected chi connectivity index (χ2v) is 12.4. The van der Waals surface area contributed by atoms with Crippen LogP contribution >= 0.6 is 0 Å². The molecule has 1 aliphatic heterocycles. The minimum absolute atomic E-state index is 0.0932. The molecular formula is C29H35N7O4. The summed E-state index contributed by atoms with van der Waals surface area (Å²) in [5.74, 6) is -1.52. The van der Waals surface area contributed by atoms with Crippen molar-refractivity contribution in [1.82, 2.24) is 25.4 Å². The first-order valence-corrected chi connectivity index (χ1v) is 13.4. The fourth-order valence-corrected chi connectivity index (χ4v) is 6.08. The van der Waals surface area contributed by atoms with Gasteiger partial charge in [0.15, 0.2) is 6.04 Å². The lowest BCUT2D eigenvalue weighted by Gasteiger charge is -2.38. The highest BCUT2D eigenvalue weighted by atomic mass is 16.2. The molecule has 3 amide bonds. The molecule has 3 aromatic rings. The van der Waals surface area contributed by atoms with Crippen LogP contribution in [-0.2, 0) is 14.4 Å². The number of aromatic amines is 1. The lowest BCUT2D eigenvalue weighted by Crippen LogP contribution is -2.57. The predicted octanol–water partition coefficient (Wildman–Crippen LogP) is 1.97. The summed E-state index contributed by atoms with van der Waals surface area (Å²) in [5, 5.41) is 15.5. The van der Waals surface area contributed by atoms with Crippen LogP contribution in [0.2, 0.25) is 0 Å². The van der Waals surface area contributed by atoms with E-state index in [4.69, 9.17) is 5.73 Å². The van der Waals surface area contributed by atoms with E-state index >= 15 is 0 Å². The number of aromatic nitrogens is 3. The largest absolute Gasteiger partial charge is 0.369 e. The Kier molecular flexibility index (Phi) is 6.63. The van der Waals surface area contributed by atoms with Crippen LogP contribution in [-0.4, -0.2) is 56.4 Å². The highest BCUT2D eigenvalue weighted by Crippen LogP contribution is 2.65. The summed E-state index contributed by atoms with van der Waals surface area (Å²) < 4.78 is 0. The van der Waals surface area contributed by atoms with E-state index in [1.807, 2.05) is 32.9 Å². The third kappa shape index (κ3) is 4.69. The summed E-state index contributed by atoms with van der Waals surface area (Å²) >= 11 is 0. The first-order valence-electron chi connectivity index (χ1n) is 13.4. The van der Waals surface area contributed by atoms with Gasteiger partial charge in [-0.25, -0.2) is 0 Å². The van der Waals surface area contributed by atoms with E-state index in [1.54, 1.807) is 35.4 Å². The van der Waals surface area contributed by atoms with E-state index in [2.05, 4.69) is 39.7 Å². The molecule has 1 aliphatic carbocycles. The molecule has 5 atom stereocenters. The number of hydrogen-bond acceptors (Lipinski definition) is 7. The Bertz CT molecular complexity index is 1540. The normalized spacial score (nSPS) is 22.7. The van der Waals surface area contributed by atoms with Crippen LogP contribution < -0.4 is 21.9 Å². The van der Waals surface area contributed by atoms with E-state index < -0.39 is 35.4 Å². The smallest absolute Gasteiger partial charge is 0.271 e. The van der Waals surface area contributed by atoms with Crippen LogP contribution in [0.3, 0.4) is 0 Å². The number of piperidine rings is 1. The summed E-state index contributed by atoms with van der Waals surface area (Å²) in [6.45, 7) is 10.3. The van der Waals surface area contributed by atoms with E-state index in [1.165, 1.54) is 6.20 Å². The molecule has 210 valence electrons. The van der Waals surface area contributed by atoms with Gasteiger partial charge in [0.25, 0.3) is 5.56 Å². The number of pyridine rings is 1. The van der Waals surface area contributed by atoms with Gasteiger partial charge in [-0.2, -0.15) is 10.2 Å². The average Bonchev–Trinajstić information content (AvgIpc) is 3.22. The van der Waals surface area contributed by atoms with Gasteiger partial charge in [0.05, 0.1) is 6.20 Å². The van der Waals surface area contributed by atoms with Crippen LogP contribution in [0.25, 0.3) is 10.8 Å². The maximum Gasteiger partial charge on any atom is 0.271 e. The van der Waals surface area contributed by atoms with E-state index in [0.29, 0.717) is 11.9 Å². The lowest BCUT2D eigenvalue weighted by atomic mass is 9.85. The molecule has 40 heavy (non-hydrogen) atoms. The molecule has 3 heterocycles. The number of nitrogens with zero attached hydrogens (tertiary/aromatic N) is 3. The van der Waals surface area contributed by atoms with Crippen LogP contribution in [0, 0.1) is 22.7 Å². The van der Waals surface area contributed by atoms with Gasteiger partial charge in [-0.1, -0.05) is 58.9 Å². The van der Waals surface area contributed by atoms with Gasteiger partial charge < -0.3 is 26.3 Å². The number of nitrogens with two attached hydrogens (primary N) is 1. The van der Waals surface area contributed by atoms with E-state index in [0.717, 1.165) is 5.39 Å². The number of benzene rings is 1. The Morgan fingerprint density at radius 3 is 2.55 bits per heavy atom. The van der Waals surface area contributed by atoms with Crippen molar-refractivity contribution in [2.45, 2.75) is 52.7 Å². The minimum Gasteiger partial charge on any atom is -0.369 e. The first-order chi connectivity index (χ1) is 18.8. The Morgan fingerprint density at radius 2 is 1.88 bits per heavy atom. The topological polar surface area (TPSA) is 163 Å². The lowest BCUT2D eigenvalue weighted by molar-refractivity contribution is -0.143. The van der Waals surface area contributed by atoms with Gasteiger partial charge in [0.2, 0.25) is 17.7 Å². The van der Waals surface area contributed by atoms with Crippen molar-refractivity contribution in [3.63, 3.8) is 0 Å². The molecule has 1 saturated carbocycles. The van der Waals surface area contributed by atoms with Gasteiger partial charge in [0, 0.05) is 23.5 Å². The molecule has 1 saturated heterocycles. The molecule has 1 aromatic carbocycles. The zero-order valence-electron chi connectivity index (χ0n) is 23.3. The average molecular weight is 546 g/mol. The molecule has 1 unspecified atom stereocenters. The number of nitrogens with one attached hydrogen (secondary N) is 3. The van der Waals surface area contributed by atoms with Crippen molar-refractivity contribution in [3.05, 3.63) is 64.8 Å². The number of carbonyl (C=O) groups is 3. The second-order valence-electron chi connectivity index (χ2n) is 12.4. The number of carbonyl (C=O) groups excluding carboxylic acids is 3. The van der Waals surface area contributed by atoms with Crippen molar-refractivity contribution < 1.29 is 14.4 Å². The van der Waals surface area contributed by atoms with Crippen LogP contribution in [0.5, 0.6) is 0 Å². The van der Waals surface area contributed by atoms with Crippen molar-refractivity contribution in [2.24, 2.45) is 28.4 Å². The molecule has 11 heteroatoms. The van der Waals surface area contributed by atoms with Crippen molar-refractivity contribution in [2.75, 3.05) is 11.9 Å². The summed E-state index contributed by atoms with van der Waals surface area (Å²) in [5.41, 5.74) is 5.20. The molecule has 5 rings (SSSR count). The van der Waals surface area contributed by atoms with Crippen LogP contribution in [0.15, 0.2) is 53.6 Å². The molecule has 5 N–H and O–H groups in total. The van der Waals surface area contributed by atoms with Crippen LogP contribution in [0.1, 0.15) is 46.4 Å². The number of likely N-dealkylation sites (tertiary alicyclic amines) is 1. The summed E-state index contributed by atoms with van der Waals surface area (Å²) in [6.07, 6.45) is 3.10. The maximum atomic E-state index is 14.1. The first kappa shape index (κ1) is 27.3. The number of fused-ring (bicyclic) bond motifs is 2. The van der Waals surface area contributed by atoms with Crippen LogP contribution in [0.4, 0.5) is 5.69 Å². The number of hydrogen-bond donors (Lipinski definition) is 4. The molecule has 11 nitrogen and oxygen atoms in total. The highest BCUT2D eigenvalue weighted by molar-refractivity contribution is 5.97. The third-order valence-electron chi connectivity index (χ3n) is 8.43. The SMILES string of the molecule is CC(C)(C)[C@H](Nc1ccc[nH]c1=O)C(=O)N1C[C@H]2[C@@H]([C@H]1C(=O)NC(C(N)=O)c1nncc3ccccc13)C2(C)C. The Morgan fingerprint density at radius 1 is 1.15 bits per heavy atom. The van der Waals surface area contributed by atoms with Gasteiger partial charge in [-0.3, -0.25) is 19.2 Å². The molecule has 2 aromatic heterocycles. The van der Waals surface area contributed by atoms with Crippen molar-refractivity contribution in [1.29, 1.82) is 0 Å². The second kappa shape index (κ2) is 9.72. The maximum absolute atomic E-state index is 14.1. The fraction of sp³-hybridized carbons (Fsp3) is 0.448. The zero-order chi connectivity index (χ0) is 29.0. The number of H-pyrrole nitrogens is 1.